The maximum atomic E-state index is 13.8. The highest BCUT2D eigenvalue weighted by Gasteiger charge is 2.41. The zero-order valence-corrected chi connectivity index (χ0v) is 40.4. The van der Waals surface area contributed by atoms with Crippen molar-refractivity contribution in [2.75, 3.05) is 26.4 Å². The van der Waals surface area contributed by atoms with Gasteiger partial charge in [-0.3, -0.25) is 14.4 Å². The molecule has 0 spiro atoms. The van der Waals surface area contributed by atoms with Crippen molar-refractivity contribution < 1.29 is 64.1 Å². The average Bonchev–Trinajstić information content (AvgIpc) is 4.15. The first-order chi connectivity index (χ1) is 34.4. The molecule has 3 heterocycles. The third-order valence-corrected chi connectivity index (χ3v) is 13.4. The van der Waals surface area contributed by atoms with E-state index in [0.717, 1.165) is 74.3 Å². The molecular formula is C54H60F8N4O6. The third-order valence-electron chi connectivity index (χ3n) is 13.4. The summed E-state index contributed by atoms with van der Waals surface area (Å²) in [6.45, 7) is 8.21. The van der Waals surface area contributed by atoms with Gasteiger partial charge in [-0.1, -0.05) is 38.1 Å². The standard InChI is InChI=1S/C25H24F4N2O3.C23H22F4N2O2.C4H8O.C2H6/c1-2-34-24(33)15-8-6-14(7-9-15)21-19-11-10-18(26)13-20(19)30-22(21)31-23(32)16-4-3-5-17(12-16)25(27,28)29;24-17-8-9-18-19(11-17)28-21(20(18)14-6-4-13(12-30)5-7-14)29-22(31)15-2-1-3-16(10-15)23(25,26)27;1-2-4-5-3-1;1-2/h3-5,10-15,21H,2,6-9H2,1H3,(H,30,31,32);1-3,8-11,13-14,20,30H,4-7,12H2,(H,28,29,31);1-4H2;1-2H3/t14?,15?,21-;13?,14?,20-;;/m11../s1. The first-order valence-corrected chi connectivity index (χ1v) is 24.5. The molecule has 5 aliphatic rings. The van der Waals surface area contributed by atoms with Gasteiger partial charge < -0.3 is 25.2 Å². The van der Waals surface area contributed by atoms with Crippen LogP contribution in [0.1, 0.15) is 140 Å². The minimum atomic E-state index is -4.57. The van der Waals surface area contributed by atoms with E-state index >= 15 is 0 Å². The average molecular weight is 1010 g/mol. The predicted octanol–water partition coefficient (Wildman–Crippen LogP) is 12.8. The number of aliphatic hydroxyl groups excluding tert-OH is 1. The van der Waals surface area contributed by atoms with Crippen molar-refractivity contribution in [1.29, 1.82) is 0 Å². The fourth-order valence-corrected chi connectivity index (χ4v) is 9.83. The molecule has 3 fully saturated rings. The number of benzene rings is 4. The number of amides is 2. The number of halogens is 8. The fraction of sp³-hybridized carbons (Fsp3) is 0.463. The number of fused-ring (bicyclic) bond motifs is 2. The molecule has 2 amide bonds. The first-order valence-electron chi connectivity index (χ1n) is 24.5. The molecule has 72 heavy (non-hydrogen) atoms. The molecule has 0 aromatic heterocycles. The van der Waals surface area contributed by atoms with E-state index in [-0.39, 0.29) is 65.0 Å². The van der Waals surface area contributed by atoms with Gasteiger partial charge in [0, 0.05) is 42.8 Å². The minimum absolute atomic E-state index is 0.0259. The Hall–Kier alpha value is -6.01. The number of carbonyl (C=O) groups excluding carboxylic acids is 3. The Balaban J connectivity index is 0.000000208. The topological polar surface area (TPSA) is 139 Å². The molecule has 0 bridgehead atoms. The first kappa shape index (κ1) is 55.3. The molecule has 0 unspecified atom stereocenters. The highest BCUT2D eigenvalue weighted by molar-refractivity contribution is 6.12. The Morgan fingerprint density at radius 1 is 0.639 bits per heavy atom. The molecule has 4 aromatic carbocycles. The van der Waals surface area contributed by atoms with Crippen LogP contribution in [0.15, 0.2) is 94.9 Å². The number of hydrogen-bond acceptors (Lipinski definition) is 8. The molecule has 2 atom stereocenters. The van der Waals surface area contributed by atoms with Crippen LogP contribution in [-0.4, -0.2) is 61.0 Å². The summed E-state index contributed by atoms with van der Waals surface area (Å²) >= 11 is 0. The quantitative estimate of drug-likeness (QED) is 0.124. The van der Waals surface area contributed by atoms with Gasteiger partial charge in [0.05, 0.1) is 35.0 Å². The summed E-state index contributed by atoms with van der Waals surface area (Å²) in [6, 6.07) is 16.9. The van der Waals surface area contributed by atoms with E-state index in [1.165, 1.54) is 61.4 Å². The zero-order valence-electron chi connectivity index (χ0n) is 40.4. The van der Waals surface area contributed by atoms with Crippen LogP contribution in [0.4, 0.5) is 46.5 Å². The summed E-state index contributed by atoms with van der Waals surface area (Å²) in [4.78, 5) is 46.5. The smallest absolute Gasteiger partial charge is 0.416 e. The molecule has 2 aliphatic carbocycles. The largest absolute Gasteiger partial charge is 0.466 e. The van der Waals surface area contributed by atoms with Gasteiger partial charge in [-0.05, 0) is 161 Å². The molecule has 9 rings (SSSR count). The molecule has 10 nitrogen and oxygen atoms in total. The zero-order chi connectivity index (χ0) is 52.2. The minimum Gasteiger partial charge on any atom is -0.466 e. The second-order valence-electron chi connectivity index (χ2n) is 18.1. The molecule has 18 heteroatoms. The molecule has 1 saturated heterocycles. The number of rotatable bonds is 7. The van der Waals surface area contributed by atoms with Crippen molar-refractivity contribution >= 4 is 40.8 Å². The van der Waals surface area contributed by atoms with Crippen LogP contribution in [0.2, 0.25) is 0 Å². The van der Waals surface area contributed by atoms with Crippen molar-refractivity contribution in [3.63, 3.8) is 0 Å². The van der Waals surface area contributed by atoms with E-state index in [0.29, 0.717) is 49.5 Å². The number of ether oxygens (including phenoxy) is 2. The molecule has 2 saturated carbocycles. The number of aliphatic hydroxyl groups is 1. The second kappa shape index (κ2) is 25.1. The lowest BCUT2D eigenvalue weighted by molar-refractivity contribution is -0.149. The number of carbonyl (C=O) groups is 3. The molecule has 0 radical (unpaired) electrons. The summed E-state index contributed by atoms with van der Waals surface area (Å²) in [7, 11) is 0. The lowest BCUT2D eigenvalue weighted by Gasteiger charge is -2.32. The molecule has 388 valence electrons. The van der Waals surface area contributed by atoms with Gasteiger partial charge in [0.1, 0.15) is 23.3 Å². The maximum Gasteiger partial charge on any atom is 0.416 e. The lowest BCUT2D eigenvalue weighted by Crippen LogP contribution is -2.37. The Kier molecular flexibility index (Phi) is 19.3. The Labute approximate surface area is 413 Å². The number of alkyl halides is 6. The van der Waals surface area contributed by atoms with Gasteiger partial charge in [0.15, 0.2) is 0 Å². The second-order valence-corrected chi connectivity index (χ2v) is 18.1. The van der Waals surface area contributed by atoms with E-state index in [1.54, 1.807) is 19.1 Å². The van der Waals surface area contributed by atoms with E-state index < -0.39 is 46.9 Å². The van der Waals surface area contributed by atoms with E-state index in [4.69, 9.17) is 9.47 Å². The van der Waals surface area contributed by atoms with E-state index in [9.17, 15) is 54.6 Å². The van der Waals surface area contributed by atoms with E-state index in [2.05, 4.69) is 20.6 Å². The molecule has 4 aromatic rings. The summed E-state index contributed by atoms with van der Waals surface area (Å²) in [6.07, 6.45) is -0.705. The number of amidine groups is 2. The van der Waals surface area contributed by atoms with Crippen LogP contribution < -0.4 is 10.6 Å². The van der Waals surface area contributed by atoms with Crippen LogP contribution in [0, 0.1) is 35.3 Å². The number of nitrogens with one attached hydrogen (secondary N) is 2. The van der Waals surface area contributed by atoms with Gasteiger partial charge in [0.25, 0.3) is 11.8 Å². The fourth-order valence-electron chi connectivity index (χ4n) is 9.83. The number of aliphatic imine (C=N–C) groups is 2. The lowest BCUT2D eigenvalue weighted by atomic mass is 9.73. The van der Waals surface area contributed by atoms with Crippen LogP contribution in [-0.2, 0) is 26.6 Å². The maximum absolute atomic E-state index is 13.8. The highest BCUT2D eigenvalue weighted by atomic mass is 19.4. The summed E-state index contributed by atoms with van der Waals surface area (Å²) in [5.74, 6) is -2.36. The van der Waals surface area contributed by atoms with Crippen molar-refractivity contribution in [1.82, 2.24) is 10.6 Å². The summed E-state index contributed by atoms with van der Waals surface area (Å²) in [5, 5.41) is 14.8. The van der Waals surface area contributed by atoms with Crippen LogP contribution in [0.25, 0.3) is 0 Å². The monoisotopic (exact) mass is 1010 g/mol. The summed E-state index contributed by atoms with van der Waals surface area (Å²) in [5.41, 5.74) is 0.260. The molecule has 3 aliphatic heterocycles. The van der Waals surface area contributed by atoms with Gasteiger partial charge in [-0.25, -0.2) is 18.8 Å². The SMILES string of the molecule is C1CCOC1.CC.CCOC(=O)C1CCC([C@H]2C(NC(=O)c3cccc(C(F)(F)F)c3)=Nc3cc(F)ccc32)CC1.O=C(NC1=Nc2cc(F)ccc2[C@H]1C1CCC(CO)CC1)c1cccc(C(F)(F)F)c1. The van der Waals surface area contributed by atoms with Gasteiger partial charge >= 0.3 is 18.3 Å². The van der Waals surface area contributed by atoms with Gasteiger partial charge in [-0.15, -0.1) is 0 Å². The predicted molar refractivity (Wildman–Crippen MR) is 256 cm³/mol. The molecule has 3 N–H and O–H groups in total. The van der Waals surface area contributed by atoms with Crippen LogP contribution in [0.3, 0.4) is 0 Å². The Bertz CT molecular complexity index is 2560. The highest BCUT2D eigenvalue weighted by Crippen LogP contribution is 2.47. The van der Waals surface area contributed by atoms with E-state index in [1.807, 2.05) is 13.8 Å². The number of esters is 1. The van der Waals surface area contributed by atoms with Crippen molar-refractivity contribution in [2.45, 2.75) is 109 Å². The van der Waals surface area contributed by atoms with Crippen LogP contribution >= 0.6 is 0 Å². The third kappa shape index (κ3) is 14.1. The Morgan fingerprint density at radius 3 is 1.44 bits per heavy atom. The summed E-state index contributed by atoms with van der Waals surface area (Å²) < 4.78 is 116. The number of nitrogens with zero attached hydrogens (tertiary/aromatic N) is 2. The van der Waals surface area contributed by atoms with Crippen molar-refractivity contribution in [3.05, 3.63) is 130 Å². The van der Waals surface area contributed by atoms with Gasteiger partial charge in [0.2, 0.25) is 0 Å². The Morgan fingerprint density at radius 2 is 1.07 bits per heavy atom. The normalized spacial score (nSPS) is 22.2. The van der Waals surface area contributed by atoms with Crippen molar-refractivity contribution in [3.8, 4) is 0 Å². The number of hydrogen-bond donors (Lipinski definition) is 3. The van der Waals surface area contributed by atoms with Crippen molar-refractivity contribution in [2.24, 2.45) is 33.7 Å². The van der Waals surface area contributed by atoms with Gasteiger partial charge in [-0.2, -0.15) is 26.3 Å². The van der Waals surface area contributed by atoms with Crippen LogP contribution in [0.5, 0.6) is 0 Å². The molecular weight excluding hydrogens is 953 g/mol.